The van der Waals surface area contributed by atoms with E-state index in [9.17, 15) is 0 Å². The van der Waals surface area contributed by atoms with Crippen LogP contribution in [0.2, 0.25) is 0 Å². The Morgan fingerprint density at radius 2 is 1.81 bits per heavy atom. The van der Waals surface area contributed by atoms with E-state index in [4.69, 9.17) is 0 Å². The smallest absolute Gasteiger partial charge is 0.00141 e. The molecule has 0 atom stereocenters. The Labute approximate surface area is 103 Å². The van der Waals surface area contributed by atoms with Crippen LogP contribution in [0.15, 0.2) is 11.6 Å². The van der Waals surface area contributed by atoms with Crippen molar-refractivity contribution in [1.82, 2.24) is 5.32 Å². The Hall–Kier alpha value is -0.300. The molecule has 0 saturated heterocycles. The third-order valence-electron chi connectivity index (χ3n) is 2.72. The molecule has 1 N–H and O–H groups in total. The lowest BCUT2D eigenvalue weighted by atomic mass is 10.0. The van der Waals surface area contributed by atoms with Gasteiger partial charge in [-0.1, -0.05) is 45.8 Å². The summed E-state index contributed by atoms with van der Waals surface area (Å²) in [7, 11) is 0. The van der Waals surface area contributed by atoms with Crippen LogP contribution in [0.25, 0.3) is 0 Å². The molecule has 0 heterocycles. The fourth-order valence-corrected chi connectivity index (χ4v) is 1.70. The summed E-state index contributed by atoms with van der Waals surface area (Å²) < 4.78 is 0. The summed E-state index contributed by atoms with van der Waals surface area (Å²) >= 11 is 0. The fourth-order valence-electron chi connectivity index (χ4n) is 1.70. The lowest BCUT2D eigenvalue weighted by Crippen LogP contribution is -2.20. The van der Waals surface area contributed by atoms with Crippen molar-refractivity contribution < 1.29 is 0 Å². The first-order valence-corrected chi connectivity index (χ1v) is 6.88. The molecule has 0 aliphatic rings. The highest BCUT2D eigenvalue weighted by Crippen LogP contribution is 2.11. The zero-order chi connectivity index (χ0) is 12.4. The zero-order valence-corrected chi connectivity index (χ0v) is 12.0. The molecule has 0 aliphatic heterocycles. The summed E-state index contributed by atoms with van der Waals surface area (Å²) in [5, 5.41) is 3.47. The van der Waals surface area contributed by atoms with Gasteiger partial charge in [0.25, 0.3) is 0 Å². The van der Waals surface area contributed by atoms with E-state index in [0.29, 0.717) is 0 Å². The van der Waals surface area contributed by atoms with E-state index < -0.39 is 0 Å². The average Bonchev–Trinajstić information content (AvgIpc) is 2.16. The second-order valence-corrected chi connectivity index (χ2v) is 5.72. The molecule has 0 aromatic rings. The van der Waals surface area contributed by atoms with Crippen molar-refractivity contribution in [3.8, 4) is 0 Å². The molecule has 0 aliphatic carbocycles. The summed E-state index contributed by atoms with van der Waals surface area (Å²) in [5.74, 6) is 1.61. The molecule has 0 bridgehead atoms. The van der Waals surface area contributed by atoms with Gasteiger partial charge in [-0.2, -0.15) is 0 Å². The summed E-state index contributed by atoms with van der Waals surface area (Å²) in [6.07, 6.45) is 7.56. The minimum absolute atomic E-state index is 0.760. The number of allylic oxidation sites excluding steroid dienone is 1. The third-order valence-corrected chi connectivity index (χ3v) is 2.72. The standard InChI is InChI=1S/C15H31N/c1-13(2)8-6-9-15(5)10-7-11-16-12-14(3)4/h10,13-14,16H,6-9,11-12H2,1-5H3. The van der Waals surface area contributed by atoms with Gasteiger partial charge in [-0.15, -0.1) is 0 Å². The monoisotopic (exact) mass is 225 g/mol. The molecule has 0 aromatic heterocycles. The molecular formula is C15H31N. The molecule has 0 unspecified atom stereocenters. The average molecular weight is 225 g/mol. The predicted octanol–water partition coefficient (Wildman–Crippen LogP) is 4.39. The highest BCUT2D eigenvalue weighted by Gasteiger charge is 1.95. The van der Waals surface area contributed by atoms with Crippen LogP contribution in [0.4, 0.5) is 0 Å². The summed E-state index contributed by atoms with van der Waals surface area (Å²) in [6, 6.07) is 0. The second-order valence-electron chi connectivity index (χ2n) is 5.72. The van der Waals surface area contributed by atoms with E-state index in [2.05, 4.69) is 46.0 Å². The highest BCUT2D eigenvalue weighted by atomic mass is 14.8. The first-order valence-electron chi connectivity index (χ1n) is 6.88. The molecule has 0 radical (unpaired) electrons. The van der Waals surface area contributed by atoms with Gasteiger partial charge in [0.1, 0.15) is 0 Å². The van der Waals surface area contributed by atoms with Crippen LogP contribution in [0, 0.1) is 11.8 Å². The van der Waals surface area contributed by atoms with E-state index in [1.165, 1.54) is 25.7 Å². The van der Waals surface area contributed by atoms with Crippen molar-refractivity contribution in [2.45, 2.75) is 60.3 Å². The van der Waals surface area contributed by atoms with Crippen LogP contribution in [0.5, 0.6) is 0 Å². The molecular weight excluding hydrogens is 194 g/mol. The zero-order valence-electron chi connectivity index (χ0n) is 12.0. The topological polar surface area (TPSA) is 12.0 Å². The van der Waals surface area contributed by atoms with Crippen LogP contribution in [-0.4, -0.2) is 13.1 Å². The Bertz CT molecular complexity index is 180. The van der Waals surface area contributed by atoms with Crippen molar-refractivity contribution in [2.24, 2.45) is 11.8 Å². The van der Waals surface area contributed by atoms with E-state index in [1.54, 1.807) is 5.57 Å². The second kappa shape index (κ2) is 9.89. The lowest BCUT2D eigenvalue weighted by Gasteiger charge is -2.07. The minimum Gasteiger partial charge on any atom is -0.316 e. The minimum atomic E-state index is 0.760. The van der Waals surface area contributed by atoms with Crippen LogP contribution < -0.4 is 5.32 Å². The van der Waals surface area contributed by atoms with E-state index in [-0.39, 0.29) is 0 Å². The first kappa shape index (κ1) is 15.7. The number of hydrogen-bond donors (Lipinski definition) is 1. The first-order chi connectivity index (χ1) is 7.52. The highest BCUT2D eigenvalue weighted by molar-refractivity contribution is 4.97. The van der Waals surface area contributed by atoms with Gasteiger partial charge in [0.05, 0.1) is 0 Å². The molecule has 96 valence electrons. The predicted molar refractivity (Wildman–Crippen MR) is 74.8 cm³/mol. The molecule has 0 fully saturated rings. The van der Waals surface area contributed by atoms with Gasteiger partial charge in [0.15, 0.2) is 0 Å². The summed E-state index contributed by atoms with van der Waals surface area (Å²) in [4.78, 5) is 0. The van der Waals surface area contributed by atoms with Crippen LogP contribution >= 0.6 is 0 Å². The maximum absolute atomic E-state index is 3.47. The van der Waals surface area contributed by atoms with Crippen molar-refractivity contribution in [3.63, 3.8) is 0 Å². The van der Waals surface area contributed by atoms with Gasteiger partial charge in [-0.05, 0) is 51.1 Å². The van der Waals surface area contributed by atoms with Gasteiger partial charge >= 0.3 is 0 Å². The van der Waals surface area contributed by atoms with Gasteiger partial charge in [-0.3, -0.25) is 0 Å². The lowest BCUT2D eigenvalue weighted by molar-refractivity contribution is 0.550. The van der Waals surface area contributed by atoms with Gasteiger partial charge in [-0.25, -0.2) is 0 Å². The van der Waals surface area contributed by atoms with Crippen LogP contribution in [0.3, 0.4) is 0 Å². The summed E-state index contributed by atoms with van der Waals surface area (Å²) in [5.41, 5.74) is 1.56. The van der Waals surface area contributed by atoms with Gasteiger partial charge < -0.3 is 5.32 Å². The molecule has 0 amide bonds. The SMILES string of the molecule is CC(=CCCNCC(C)C)CCCC(C)C. The normalized spacial score (nSPS) is 12.8. The number of rotatable bonds is 9. The molecule has 0 saturated carbocycles. The Balaban J connectivity index is 3.40. The molecule has 0 aromatic carbocycles. The maximum Gasteiger partial charge on any atom is -0.00141 e. The van der Waals surface area contributed by atoms with E-state index in [0.717, 1.165) is 24.9 Å². The summed E-state index contributed by atoms with van der Waals surface area (Å²) in [6.45, 7) is 13.6. The molecule has 1 nitrogen and oxygen atoms in total. The van der Waals surface area contributed by atoms with E-state index in [1.807, 2.05) is 0 Å². The fraction of sp³-hybridized carbons (Fsp3) is 0.867. The Kier molecular flexibility index (Phi) is 9.71. The quantitative estimate of drug-likeness (QED) is 0.453. The van der Waals surface area contributed by atoms with Crippen molar-refractivity contribution >= 4 is 0 Å². The molecule has 16 heavy (non-hydrogen) atoms. The van der Waals surface area contributed by atoms with Crippen molar-refractivity contribution in [2.75, 3.05) is 13.1 Å². The van der Waals surface area contributed by atoms with Gasteiger partial charge in [0.2, 0.25) is 0 Å². The van der Waals surface area contributed by atoms with Crippen molar-refractivity contribution in [1.29, 1.82) is 0 Å². The Morgan fingerprint density at radius 1 is 1.12 bits per heavy atom. The Morgan fingerprint density at radius 3 is 2.38 bits per heavy atom. The van der Waals surface area contributed by atoms with Crippen molar-refractivity contribution in [3.05, 3.63) is 11.6 Å². The van der Waals surface area contributed by atoms with E-state index >= 15 is 0 Å². The van der Waals surface area contributed by atoms with Crippen LogP contribution in [-0.2, 0) is 0 Å². The third kappa shape index (κ3) is 11.8. The number of nitrogens with one attached hydrogen (secondary N) is 1. The molecule has 1 heteroatoms. The number of hydrogen-bond acceptors (Lipinski definition) is 1. The largest absolute Gasteiger partial charge is 0.316 e. The molecule has 0 rings (SSSR count). The van der Waals surface area contributed by atoms with Gasteiger partial charge in [0, 0.05) is 0 Å². The maximum atomic E-state index is 3.47. The van der Waals surface area contributed by atoms with Crippen LogP contribution in [0.1, 0.15) is 60.3 Å². The molecule has 0 spiro atoms.